The highest BCUT2D eigenvalue weighted by atomic mass is 32.2. The van der Waals surface area contributed by atoms with Crippen LogP contribution in [-0.4, -0.2) is 18.0 Å². The van der Waals surface area contributed by atoms with Crippen LogP contribution in [0.3, 0.4) is 0 Å². The molecule has 2 aromatic carbocycles. The summed E-state index contributed by atoms with van der Waals surface area (Å²) in [4.78, 5) is 4.13. The monoisotopic (exact) mass is 394 g/mol. The average Bonchev–Trinajstić information content (AvgIpc) is 3.20. The van der Waals surface area contributed by atoms with E-state index in [0.717, 1.165) is 16.9 Å². The van der Waals surface area contributed by atoms with E-state index in [0.29, 0.717) is 5.89 Å². The van der Waals surface area contributed by atoms with Gasteiger partial charge in [0.1, 0.15) is 17.2 Å². The molecule has 142 valence electrons. The van der Waals surface area contributed by atoms with Gasteiger partial charge in [-0.1, -0.05) is 48.5 Å². The predicted molar refractivity (Wildman–Crippen MR) is 103 cm³/mol. The summed E-state index contributed by atoms with van der Waals surface area (Å²) in [6.45, 7) is 0. The van der Waals surface area contributed by atoms with Gasteiger partial charge in [0.2, 0.25) is 5.89 Å². The maximum Gasteiger partial charge on any atom is 0.227 e. The van der Waals surface area contributed by atoms with Crippen molar-refractivity contribution in [2.24, 2.45) is 7.05 Å². The lowest BCUT2D eigenvalue weighted by Gasteiger charge is -2.04. The first-order chi connectivity index (χ1) is 13.4. The summed E-state index contributed by atoms with van der Waals surface area (Å²) < 4.78 is 38.6. The molecule has 0 radical (unpaired) electrons. The summed E-state index contributed by atoms with van der Waals surface area (Å²) in [6, 6.07) is 21.1. The van der Waals surface area contributed by atoms with Crippen molar-refractivity contribution < 1.29 is 22.0 Å². The number of hydrogen-bond acceptors (Lipinski definition) is 5. The first-order valence-electron chi connectivity index (χ1n) is 8.41. The van der Waals surface area contributed by atoms with E-state index in [1.807, 2.05) is 66.5 Å². The highest BCUT2D eigenvalue weighted by molar-refractivity contribution is 7.85. The molecule has 7 heteroatoms. The van der Waals surface area contributed by atoms with Gasteiger partial charge in [-0.25, -0.2) is 18.0 Å². The summed E-state index contributed by atoms with van der Waals surface area (Å²) in [5.74, 6) is 1.44. The van der Waals surface area contributed by atoms with E-state index in [2.05, 4.69) is 4.98 Å². The second-order valence-electron chi connectivity index (χ2n) is 5.92. The second-order valence-corrected chi connectivity index (χ2v) is 7.29. The standard InChI is InChI=1S/C15H13N2O.C6H6O3S/c1-17-9-7-13(8-10-17)15-16-11-14(18-15)12-5-3-2-4-6-12;7-10(8,9)6-4-2-1-3-5-6/h2-11H,1H3;1-5H,(H,7,8,9)/q+1;/p-1. The number of aryl methyl sites for hydroxylation is 1. The van der Waals surface area contributed by atoms with E-state index < -0.39 is 10.1 Å². The lowest BCUT2D eigenvalue weighted by atomic mass is 10.2. The van der Waals surface area contributed by atoms with Crippen LogP contribution in [0.5, 0.6) is 0 Å². The van der Waals surface area contributed by atoms with Crippen molar-refractivity contribution in [3.05, 3.63) is 91.4 Å². The Balaban J connectivity index is 0.000000192. The van der Waals surface area contributed by atoms with Gasteiger partial charge in [-0.2, -0.15) is 0 Å². The minimum absolute atomic E-state index is 0.185. The van der Waals surface area contributed by atoms with E-state index in [1.54, 1.807) is 12.3 Å². The molecule has 0 spiro atoms. The minimum atomic E-state index is -4.25. The molecule has 0 aliphatic heterocycles. The summed E-state index contributed by atoms with van der Waals surface area (Å²) in [6.07, 6.45) is 5.71. The van der Waals surface area contributed by atoms with Crippen LogP contribution in [0.2, 0.25) is 0 Å². The fraction of sp³-hybridized carbons (Fsp3) is 0.0476. The lowest BCUT2D eigenvalue weighted by Crippen LogP contribution is -2.25. The van der Waals surface area contributed by atoms with Gasteiger partial charge in [0.15, 0.2) is 18.2 Å². The zero-order valence-electron chi connectivity index (χ0n) is 15.1. The van der Waals surface area contributed by atoms with Crippen molar-refractivity contribution >= 4 is 10.1 Å². The van der Waals surface area contributed by atoms with Crippen molar-refractivity contribution in [3.63, 3.8) is 0 Å². The molecule has 4 rings (SSSR count). The third kappa shape index (κ3) is 5.12. The van der Waals surface area contributed by atoms with Crippen LogP contribution in [-0.2, 0) is 17.2 Å². The van der Waals surface area contributed by atoms with Crippen molar-refractivity contribution in [3.8, 4) is 22.8 Å². The van der Waals surface area contributed by atoms with Crippen LogP contribution in [0.15, 0.2) is 101 Å². The van der Waals surface area contributed by atoms with Crippen LogP contribution in [0.4, 0.5) is 0 Å². The third-order valence-electron chi connectivity index (χ3n) is 3.82. The molecule has 28 heavy (non-hydrogen) atoms. The maximum atomic E-state index is 10.3. The average molecular weight is 394 g/mol. The van der Waals surface area contributed by atoms with Crippen LogP contribution in [0.25, 0.3) is 22.8 Å². The number of aromatic nitrogens is 2. The Hall–Kier alpha value is -3.29. The fourth-order valence-electron chi connectivity index (χ4n) is 2.37. The molecular formula is C21H18N2O4S. The summed E-state index contributed by atoms with van der Waals surface area (Å²) in [7, 11) is -2.27. The van der Waals surface area contributed by atoms with Crippen LogP contribution in [0, 0.1) is 0 Å². The normalized spacial score (nSPS) is 10.8. The van der Waals surface area contributed by atoms with E-state index in [9.17, 15) is 13.0 Å². The summed E-state index contributed by atoms with van der Waals surface area (Å²) >= 11 is 0. The van der Waals surface area contributed by atoms with Crippen LogP contribution in [0.1, 0.15) is 0 Å². The third-order valence-corrected chi connectivity index (χ3v) is 4.67. The molecule has 0 saturated heterocycles. The number of oxazole rings is 1. The van der Waals surface area contributed by atoms with Gasteiger partial charge in [0.25, 0.3) is 0 Å². The molecular weight excluding hydrogens is 376 g/mol. The second kappa shape index (κ2) is 8.60. The maximum absolute atomic E-state index is 10.3. The van der Waals surface area contributed by atoms with Crippen molar-refractivity contribution in [1.82, 2.24) is 4.98 Å². The lowest BCUT2D eigenvalue weighted by molar-refractivity contribution is -0.671. The number of rotatable bonds is 3. The van der Waals surface area contributed by atoms with E-state index in [4.69, 9.17) is 4.42 Å². The molecule has 0 unspecified atom stereocenters. The summed E-state index contributed by atoms with van der Waals surface area (Å²) in [5.41, 5.74) is 2.02. The number of nitrogens with zero attached hydrogens (tertiary/aromatic N) is 2. The highest BCUT2D eigenvalue weighted by Crippen LogP contribution is 2.24. The Morgan fingerprint density at radius 1 is 0.857 bits per heavy atom. The molecule has 0 aliphatic rings. The molecule has 6 nitrogen and oxygen atoms in total. The van der Waals surface area contributed by atoms with Gasteiger partial charge in [-0.15, -0.1) is 0 Å². The van der Waals surface area contributed by atoms with E-state index in [-0.39, 0.29) is 4.90 Å². The summed E-state index contributed by atoms with van der Waals surface area (Å²) in [5, 5.41) is 0. The zero-order valence-corrected chi connectivity index (χ0v) is 15.9. The van der Waals surface area contributed by atoms with Gasteiger partial charge >= 0.3 is 0 Å². The molecule has 0 fully saturated rings. The first kappa shape index (κ1) is 19.5. The van der Waals surface area contributed by atoms with Gasteiger partial charge in [-0.05, 0) is 12.1 Å². The quantitative estimate of drug-likeness (QED) is 0.392. The number of hydrogen-bond donors (Lipinski definition) is 0. The van der Waals surface area contributed by atoms with E-state index in [1.165, 1.54) is 24.3 Å². The van der Waals surface area contributed by atoms with E-state index >= 15 is 0 Å². The zero-order chi connectivity index (χ0) is 20.0. The van der Waals surface area contributed by atoms with Crippen LogP contribution < -0.4 is 4.57 Å². The molecule has 2 heterocycles. The smallest absolute Gasteiger partial charge is 0.227 e. The molecule has 4 aromatic rings. The molecule has 0 amide bonds. The van der Waals surface area contributed by atoms with Gasteiger partial charge in [0, 0.05) is 23.3 Å². The van der Waals surface area contributed by atoms with Gasteiger partial charge in [-0.3, -0.25) is 0 Å². The fourth-order valence-corrected chi connectivity index (χ4v) is 2.86. The van der Waals surface area contributed by atoms with Crippen molar-refractivity contribution in [2.75, 3.05) is 0 Å². The Bertz CT molecular complexity index is 1120. The number of benzene rings is 2. The molecule has 2 aromatic heterocycles. The Morgan fingerprint density at radius 3 is 1.96 bits per heavy atom. The van der Waals surface area contributed by atoms with Crippen molar-refractivity contribution in [1.29, 1.82) is 0 Å². The van der Waals surface area contributed by atoms with Crippen LogP contribution >= 0.6 is 0 Å². The van der Waals surface area contributed by atoms with Gasteiger partial charge in [0.05, 0.1) is 11.1 Å². The van der Waals surface area contributed by atoms with Gasteiger partial charge < -0.3 is 8.97 Å². The Morgan fingerprint density at radius 2 is 1.43 bits per heavy atom. The molecule has 0 saturated carbocycles. The Labute approximate surface area is 163 Å². The molecule has 0 atom stereocenters. The SMILES string of the molecule is C[n+]1ccc(-c2ncc(-c3ccccc3)o2)cc1.O=S(=O)([O-])c1ccccc1. The molecule has 0 N–H and O–H groups in total. The molecule has 0 aliphatic carbocycles. The largest absolute Gasteiger partial charge is 0.744 e. The topological polar surface area (TPSA) is 87.1 Å². The first-order valence-corrected chi connectivity index (χ1v) is 9.82. The minimum Gasteiger partial charge on any atom is -0.744 e. The molecule has 0 bridgehead atoms. The highest BCUT2D eigenvalue weighted by Gasteiger charge is 2.08. The van der Waals surface area contributed by atoms with Crippen molar-refractivity contribution in [2.45, 2.75) is 4.90 Å². The Kier molecular flexibility index (Phi) is 5.98. The number of pyridine rings is 1. The predicted octanol–water partition coefficient (Wildman–Crippen LogP) is 3.42.